The maximum Gasteiger partial charge on any atom is 0.161 e. The van der Waals surface area contributed by atoms with E-state index in [-0.39, 0.29) is 0 Å². The summed E-state index contributed by atoms with van der Waals surface area (Å²) in [4.78, 5) is 0. The van der Waals surface area contributed by atoms with Crippen LogP contribution in [0.4, 0.5) is 0 Å². The lowest BCUT2D eigenvalue weighted by Gasteiger charge is -2.17. The lowest BCUT2D eigenvalue weighted by molar-refractivity contribution is 0.673. The van der Waals surface area contributed by atoms with Crippen molar-refractivity contribution in [2.24, 2.45) is 0 Å². The number of benzene rings is 9. The van der Waals surface area contributed by atoms with Crippen molar-refractivity contribution in [3.05, 3.63) is 164 Å². The molecule has 0 bridgehead atoms. The van der Waals surface area contributed by atoms with Gasteiger partial charge in [0.05, 0.1) is 5.52 Å². The molecule has 11 rings (SSSR count). The van der Waals surface area contributed by atoms with Gasteiger partial charge in [0.2, 0.25) is 0 Å². The molecule has 0 amide bonds. The largest absolute Gasteiger partial charge is 0.454 e. The second-order valence-corrected chi connectivity index (χ2v) is 12.9. The van der Waals surface area contributed by atoms with Crippen molar-refractivity contribution < 1.29 is 4.42 Å². The zero-order valence-corrected chi connectivity index (χ0v) is 25.9. The molecule has 2 nitrogen and oxygen atoms in total. The van der Waals surface area contributed by atoms with Gasteiger partial charge in [0.25, 0.3) is 0 Å². The smallest absolute Gasteiger partial charge is 0.161 e. The van der Waals surface area contributed by atoms with Crippen LogP contribution in [0, 0.1) is 0 Å². The summed E-state index contributed by atoms with van der Waals surface area (Å²) in [5.41, 5.74) is 10.1. The lowest BCUT2D eigenvalue weighted by atomic mass is 9.87. The van der Waals surface area contributed by atoms with Crippen LogP contribution in [0.2, 0.25) is 0 Å². The van der Waals surface area contributed by atoms with E-state index < -0.39 is 0 Å². The van der Waals surface area contributed by atoms with Gasteiger partial charge in [-0.25, -0.2) is 0 Å². The van der Waals surface area contributed by atoms with Gasteiger partial charge < -0.3 is 8.98 Å². The zero-order valence-electron chi connectivity index (χ0n) is 25.9. The summed E-state index contributed by atoms with van der Waals surface area (Å²) in [6, 6.07) is 59.6. The molecule has 0 fully saturated rings. The van der Waals surface area contributed by atoms with Crippen LogP contribution in [0.5, 0.6) is 0 Å². The fraction of sp³-hybridized carbons (Fsp3) is 0. The predicted octanol–water partition coefficient (Wildman–Crippen LogP) is 12.9. The van der Waals surface area contributed by atoms with Gasteiger partial charge in [-0.15, -0.1) is 0 Å². The summed E-state index contributed by atoms with van der Waals surface area (Å²) >= 11 is 0. The van der Waals surface area contributed by atoms with Crippen molar-refractivity contribution in [3.63, 3.8) is 0 Å². The Bertz CT molecular complexity index is 3050. The maximum absolute atomic E-state index is 6.60. The van der Waals surface area contributed by atoms with Crippen molar-refractivity contribution in [2.75, 3.05) is 0 Å². The van der Waals surface area contributed by atoms with Gasteiger partial charge in [-0.1, -0.05) is 121 Å². The van der Waals surface area contributed by atoms with Crippen LogP contribution in [0.15, 0.2) is 168 Å². The molecular formula is C46H27NO. The van der Waals surface area contributed by atoms with E-state index in [0.29, 0.717) is 0 Å². The van der Waals surface area contributed by atoms with E-state index in [2.05, 4.69) is 162 Å². The third kappa shape index (κ3) is 3.52. The third-order valence-electron chi connectivity index (χ3n) is 10.3. The summed E-state index contributed by atoms with van der Waals surface area (Å²) in [5.74, 6) is 0. The monoisotopic (exact) mass is 609 g/mol. The average Bonchev–Trinajstić information content (AvgIpc) is 3.68. The van der Waals surface area contributed by atoms with E-state index >= 15 is 0 Å². The number of hydrogen-bond acceptors (Lipinski definition) is 1. The number of rotatable bonds is 3. The first-order valence-corrected chi connectivity index (χ1v) is 16.5. The number of fused-ring (bicyclic) bond motifs is 6. The molecule has 0 radical (unpaired) electrons. The second kappa shape index (κ2) is 9.57. The molecule has 9 aromatic carbocycles. The summed E-state index contributed by atoms with van der Waals surface area (Å²) < 4.78 is 8.95. The normalized spacial score (nSPS) is 12.2. The molecule has 0 N–H and O–H groups in total. The molecule has 11 aromatic rings. The van der Waals surface area contributed by atoms with E-state index in [4.69, 9.17) is 4.42 Å². The van der Waals surface area contributed by atoms with Gasteiger partial charge >= 0.3 is 0 Å². The highest BCUT2D eigenvalue weighted by Crippen LogP contribution is 2.45. The fourth-order valence-electron chi connectivity index (χ4n) is 8.14. The lowest BCUT2D eigenvalue weighted by Crippen LogP contribution is -1.93. The Morgan fingerprint density at radius 1 is 0.396 bits per heavy atom. The SMILES string of the molecule is c1ccc(-n2c3ccc(-c4ccc5ccc6c(-c7ccc8ccccc8c7)ccc7ccc4c5c76)cc3c3oc4ccccc4c32)cc1. The zero-order chi connectivity index (χ0) is 31.3. The topological polar surface area (TPSA) is 18.1 Å². The van der Waals surface area contributed by atoms with Gasteiger partial charge in [-0.3, -0.25) is 0 Å². The molecule has 0 aliphatic rings. The first-order chi connectivity index (χ1) is 23.8. The van der Waals surface area contributed by atoms with E-state index in [1.807, 2.05) is 6.07 Å². The molecule has 0 unspecified atom stereocenters. The summed E-state index contributed by atoms with van der Waals surface area (Å²) in [6.07, 6.45) is 0. The number of aromatic nitrogens is 1. The van der Waals surface area contributed by atoms with E-state index in [1.165, 1.54) is 65.3 Å². The van der Waals surface area contributed by atoms with Crippen molar-refractivity contribution in [3.8, 4) is 27.9 Å². The average molecular weight is 610 g/mol. The van der Waals surface area contributed by atoms with E-state index in [0.717, 1.165) is 38.7 Å². The quantitative estimate of drug-likeness (QED) is 0.182. The van der Waals surface area contributed by atoms with E-state index in [1.54, 1.807) is 0 Å². The molecule has 48 heavy (non-hydrogen) atoms. The van der Waals surface area contributed by atoms with Gasteiger partial charge in [0.1, 0.15) is 11.1 Å². The van der Waals surface area contributed by atoms with E-state index in [9.17, 15) is 0 Å². The molecule has 0 saturated carbocycles. The van der Waals surface area contributed by atoms with Crippen molar-refractivity contribution in [2.45, 2.75) is 0 Å². The first kappa shape index (κ1) is 25.8. The molecule has 0 spiro atoms. The number of para-hydroxylation sites is 2. The van der Waals surface area contributed by atoms with Crippen molar-refractivity contribution >= 4 is 76.1 Å². The van der Waals surface area contributed by atoms with Gasteiger partial charge in [0, 0.05) is 16.5 Å². The molecule has 0 aliphatic carbocycles. The highest BCUT2D eigenvalue weighted by Gasteiger charge is 2.21. The molecular weight excluding hydrogens is 583 g/mol. The first-order valence-electron chi connectivity index (χ1n) is 16.5. The molecule has 2 heteroatoms. The molecule has 2 heterocycles. The fourth-order valence-corrected chi connectivity index (χ4v) is 8.14. The highest BCUT2D eigenvalue weighted by atomic mass is 16.3. The highest BCUT2D eigenvalue weighted by molar-refractivity contribution is 6.28. The summed E-state index contributed by atoms with van der Waals surface area (Å²) in [7, 11) is 0. The molecule has 0 aliphatic heterocycles. The van der Waals surface area contributed by atoms with Crippen LogP contribution >= 0.6 is 0 Å². The minimum atomic E-state index is 0.907. The standard InChI is InChI=1S/C46H27NO/c1-2-10-34(11-3-1)47-41-25-20-33(27-40(41)46-45(47)39-12-6-7-13-42(39)48-46)36-22-17-30-18-23-37-35(21-16-29-19-24-38(36)44(30)43(29)37)32-15-14-28-8-4-5-9-31(28)26-32/h1-27H. The Hall–Kier alpha value is -6.38. The van der Waals surface area contributed by atoms with Gasteiger partial charge in [-0.2, -0.15) is 0 Å². The Kier molecular flexibility index (Phi) is 5.14. The molecule has 222 valence electrons. The predicted molar refractivity (Wildman–Crippen MR) is 203 cm³/mol. The van der Waals surface area contributed by atoms with Crippen molar-refractivity contribution in [1.29, 1.82) is 0 Å². The minimum Gasteiger partial charge on any atom is -0.454 e. The Morgan fingerprint density at radius 2 is 1.00 bits per heavy atom. The molecule has 0 atom stereocenters. The second-order valence-electron chi connectivity index (χ2n) is 12.9. The van der Waals surface area contributed by atoms with Crippen molar-refractivity contribution in [1.82, 2.24) is 4.57 Å². The molecule has 2 aromatic heterocycles. The number of nitrogens with zero attached hydrogens (tertiary/aromatic N) is 1. The number of hydrogen-bond donors (Lipinski definition) is 0. The Labute approximate surface area is 276 Å². The minimum absolute atomic E-state index is 0.907. The van der Waals surface area contributed by atoms with Gasteiger partial charge in [0.15, 0.2) is 5.58 Å². The van der Waals surface area contributed by atoms with Gasteiger partial charge in [-0.05, 0) is 108 Å². The van der Waals surface area contributed by atoms with Crippen LogP contribution in [0.1, 0.15) is 0 Å². The van der Waals surface area contributed by atoms with Crippen LogP contribution in [-0.4, -0.2) is 4.57 Å². The van der Waals surface area contributed by atoms with Crippen LogP contribution in [0.25, 0.3) is 104 Å². The summed E-state index contributed by atoms with van der Waals surface area (Å²) in [5, 5.41) is 12.5. The van der Waals surface area contributed by atoms with Crippen LogP contribution in [0.3, 0.4) is 0 Å². The molecule has 0 saturated heterocycles. The van der Waals surface area contributed by atoms with Crippen LogP contribution < -0.4 is 0 Å². The summed E-state index contributed by atoms with van der Waals surface area (Å²) in [6.45, 7) is 0. The Balaban J connectivity index is 1.17. The number of furan rings is 1. The third-order valence-corrected chi connectivity index (χ3v) is 10.3. The maximum atomic E-state index is 6.60. The Morgan fingerprint density at radius 3 is 1.77 bits per heavy atom. The van der Waals surface area contributed by atoms with Crippen LogP contribution in [-0.2, 0) is 0 Å².